The lowest BCUT2D eigenvalue weighted by Crippen LogP contribution is -2.07. The van der Waals surface area contributed by atoms with Gasteiger partial charge in [-0.1, -0.05) is 17.7 Å². The first-order valence-corrected chi connectivity index (χ1v) is 5.85. The van der Waals surface area contributed by atoms with E-state index in [-0.39, 0.29) is 21.5 Å². The predicted molar refractivity (Wildman–Crippen MR) is 71.4 cm³/mol. The maximum atomic E-state index is 11.9. The average Bonchev–Trinajstić information content (AvgIpc) is 2.39. The summed E-state index contributed by atoms with van der Waals surface area (Å²) in [5.74, 6) is -2.45. The molecule has 0 aliphatic carbocycles. The van der Waals surface area contributed by atoms with E-state index in [0.717, 1.165) is 6.07 Å². The van der Waals surface area contributed by atoms with E-state index >= 15 is 0 Å². The fourth-order valence-corrected chi connectivity index (χ4v) is 2.19. The van der Waals surface area contributed by atoms with Gasteiger partial charge in [0, 0.05) is 11.5 Å². The lowest BCUT2D eigenvalue weighted by atomic mass is 10.1. The number of halogens is 1. The molecule has 2 heterocycles. The van der Waals surface area contributed by atoms with Crippen molar-refractivity contribution in [3.05, 3.63) is 45.3 Å². The number of aromatic hydroxyl groups is 1. The highest BCUT2D eigenvalue weighted by molar-refractivity contribution is 6.35. The molecule has 0 amide bonds. The highest BCUT2D eigenvalue weighted by Crippen LogP contribution is 2.31. The fraction of sp³-hybridized carbons (Fsp3) is 0. The number of benzene rings is 1. The van der Waals surface area contributed by atoms with Crippen LogP contribution < -0.4 is 5.43 Å². The van der Waals surface area contributed by atoms with Crippen molar-refractivity contribution in [3.8, 4) is 5.88 Å². The van der Waals surface area contributed by atoms with E-state index in [1.807, 2.05) is 0 Å². The van der Waals surface area contributed by atoms with E-state index in [1.54, 1.807) is 18.2 Å². The molecule has 2 aromatic heterocycles. The van der Waals surface area contributed by atoms with Gasteiger partial charge < -0.3 is 14.6 Å². The predicted octanol–water partition coefficient (Wildman–Crippen LogP) is 2.40. The molecule has 0 bridgehead atoms. The molecular formula is C13H6ClNO5. The highest BCUT2D eigenvalue weighted by atomic mass is 35.5. The molecule has 0 atom stereocenters. The van der Waals surface area contributed by atoms with E-state index in [1.165, 1.54) is 0 Å². The SMILES string of the molecule is O=C(O)c1cc(=O)c2c(O)nc3c(Cl)cccc3c2o1. The van der Waals surface area contributed by atoms with Crippen LogP contribution in [0.2, 0.25) is 5.02 Å². The summed E-state index contributed by atoms with van der Waals surface area (Å²) in [7, 11) is 0. The van der Waals surface area contributed by atoms with Crippen molar-refractivity contribution in [2.24, 2.45) is 0 Å². The number of carbonyl (C=O) groups is 1. The molecule has 3 rings (SSSR count). The van der Waals surface area contributed by atoms with E-state index in [4.69, 9.17) is 21.1 Å². The van der Waals surface area contributed by atoms with E-state index < -0.39 is 23.0 Å². The minimum absolute atomic E-state index is 0.0556. The minimum Gasteiger partial charge on any atom is -0.493 e. The van der Waals surface area contributed by atoms with Gasteiger partial charge in [-0.15, -0.1) is 0 Å². The molecule has 0 fully saturated rings. The number of hydrogen-bond donors (Lipinski definition) is 2. The maximum Gasteiger partial charge on any atom is 0.371 e. The third kappa shape index (κ3) is 1.70. The Labute approximate surface area is 115 Å². The molecule has 20 heavy (non-hydrogen) atoms. The van der Waals surface area contributed by atoms with Crippen LogP contribution in [0.15, 0.2) is 33.5 Å². The zero-order valence-electron chi connectivity index (χ0n) is 9.75. The van der Waals surface area contributed by atoms with Gasteiger partial charge in [0.15, 0.2) is 11.0 Å². The van der Waals surface area contributed by atoms with Crippen molar-refractivity contribution in [2.45, 2.75) is 0 Å². The lowest BCUT2D eigenvalue weighted by molar-refractivity contribution is 0.0663. The number of fused-ring (bicyclic) bond motifs is 3. The third-order valence-corrected chi connectivity index (χ3v) is 3.14. The summed E-state index contributed by atoms with van der Waals surface area (Å²) >= 11 is 5.96. The normalized spacial score (nSPS) is 11.1. The Kier molecular flexibility index (Phi) is 2.62. The Balaban J connectivity index is 2.63. The van der Waals surface area contributed by atoms with Gasteiger partial charge in [-0.25, -0.2) is 9.78 Å². The van der Waals surface area contributed by atoms with Gasteiger partial charge >= 0.3 is 5.97 Å². The summed E-state index contributed by atoms with van der Waals surface area (Å²) in [6, 6.07) is 5.53. The van der Waals surface area contributed by atoms with E-state index in [0.29, 0.717) is 5.39 Å². The van der Waals surface area contributed by atoms with Gasteiger partial charge in [0.2, 0.25) is 11.6 Å². The molecule has 0 spiro atoms. The summed E-state index contributed by atoms with van der Waals surface area (Å²) < 4.78 is 5.19. The highest BCUT2D eigenvalue weighted by Gasteiger charge is 2.18. The molecule has 6 nitrogen and oxygen atoms in total. The molecule has 7 heteroatoms. The summed E-state index contributed by atoms with van der Waals surface area (Å²) in [5.41, 5.74) is -0.514. The van der Waals surface area contributed by atoms with Crippen LogP contribution in [0.4, 0.5) is 0 Å². The number of aromatic carboxylic acids is 1. The van der Waals surface area contributed by atoms with Crippen LogP contribution in [0.25, 0.3) is 21.9 Å². The summed E-state index contributed by atoms with van der Waals surface area (Å²) in [5, 5.41) is 19.2. The Morgan fingerprint density at radius 1 is 1.35 bits per heavy atom. The molecule has 100 valence electrons. The summed E-state index contributed by atoms with van der Waals surface area (Å²) in [6.07, 6.45) is 0. The number of aromatic nitrogens is 1. The van der Waals surface area contributed by atoms with Gasteiger partial charge in [0.1, 0.15) is 5.39 Å². The first kappa shape index (κ1) is 12.4. The lowest BCUT2D eigenvalue weighted by Gasteiger charge is -2.06. The van der Waals surface area contributed by atoms with Crippen molar-refractivity contribution in [2.75, 3.05) is 0 Å². The zero-order valence-corrected chi connectivity index (χ0v) is 10.5. The zero-order chi connectivity index (χ0) is 14.4. The molecule has 3 aromatic rings. The first-order chi connectivity index (χ1) is 9.49. The van der Waals surface area contributed by atoms with Crippen molar-refractivity contribution < 1.29 is 19.4 Å². The number of carboxylic acid groups (broad SMARTS) is 1. The van der Waals surface area contributed by atoms with E-state index in [2.05, 4.69) is 4.98 Å². The number of carboxylic acids is 1. The largest absolute Gasteiger partial charge is 0.493 e. The molecule has 0 saturated heterocycles. The third-order valence-electron chi connectivity index (χ3n) is 2.83. The monoisotopic (exact) mass is 291 g/mol. The molecule has 0 radical (unpaired) electrons. The topological polar surface area (TPSA) is 101 Å². The second-order valence-corrected chi connectivity index (χ2v) is 4.46. The molecular weight excluding hydrogens is 286 g/mol. The first-order valence-electron chi connectivity index (χ1n) is 5.47. The molecule has 0 aliphatic rings. The van der Waals surface area contributed by atoms with Crippen molar-refractivity contribution in [1.29, 1.82) is 0 Å². The Bertz CT molecular complexity index is 931. The smallest absolute Gasteiger partial charge is 0.371 e. The van der Waals surface area contributed by atoms with Crippen molar-refractivity contribution in [3.63, 3.8) is 0 Å². The number of pyridine rings is 1. The van der Waals surface area contributed by atoms with Crippen LogP contribution in [-0.4, -0.2) is 21.2 Å². The Morgan fingerprint density at radius 2 is 2.10 bits per heavy atom. The van der Waals surface area contributed by atoms with Crippen molar-refractivity contribution in [1.82, 2.24) is 4.98 Å². The molecule has 0 unspecified atom stereocenters. The number of nitrogens with zero attached hydrogens (tertiary/aromatic N) is 1. The standard InChI is InChI=1S/C13H6ClNO5/c14-6-3-1-2-5-10(6)15-12(17)9-7(16)4-8(13(18)19)20-11(5)9/h1-4H,(H,15,17)(H,18,19). The number of rotatable bonds is 1. The maximum absolute atomic E-state index is 11.9. The average molecular weight is 292 g/mol. The second kappa shape index (κ2) is 4.21. The van der Waals surface area contributed by atoms with Crippen molar-refractivity contribution >= 4 is 39.4 Å². The van der Waals surface area contributed by atoms with Gasteiger partial charge in [-0.05, 0) is 12.1 Å². The molecule has 2 N–H and O–H groups in total. The van der Waals surface area contributed by atoms with Crippen LogP contribution in [0.3, 0.4) is 0 Å². The molecule has 0 saturated carbocycles. The number of para-hydroxylation sites is 1. The molecule has 0 aliphatic heterocycles. The van der Waals surface area contributed by atoms with Crippen LogP contribution in [0.5, 0.6) is 5.88 Å². The van der Waals surface area contributed by atoms with Gasteiger partial charge in [-0.3, -0.25) is 4.79 Å². The minimum atomic E-state index is -1.38. The number of hydrogen-bond acceptors (Lipinski definition) is 5. The molecule has 1 aromatic carbocycles. The van der Waals surface area contributed by atoms with Crippen LogP contribution in [0.1, 0.15) is 10.6 Å². The summed E-state index contributed by atoms with van der Waals surface area (Å²) in [4.78, 5) is 26.7. The van der Waals surface area contributed by atoms with Crippen LogP contribution in [0, 0.1) is 0 Å². The Hall–Kier alpha value is -2.60. The quantitative estimate of drug-likeness (QED) is 0.668. The van der Waals surface area contributed by atoms with Crippen LogP contribution in [-0.2, 0) is 0 Å². The van der Waals surface area contributed by atoms with E-state index in [9.17, 15) is 14.7 Å². The van der Waals surface area contributed by atoms with Crippen LogP contribution >= 0.6 is 11.6 Å². The summed E-state index contributed by atoms with van der Waals surface area (Å²) in [6.45, 7) is 0. The van der Waals surface area contributed by atoms with Gasteiger partial charge in [-0.2, -0.15) is 0 Å². The van der Waals surface area contributed by atoms with Gasteiger partial charge in [0.25, 0.3) is 0 Å². The Morgan fingerprint density at radius 3 is 2.80 bits per heavy atom. The second-order valence-electron chi connectivity index (χ2n) is 4.06. The van der Waals surface area contributed by atoms with Gasteiger partial charge in [0.05, 0.1) is 10.5 Å². The fourth-order valence-electron chi connectivity index (χ4n) is 1.97.